The van der Waals surface area contributed by atoms with Crippen molar-refractivity contribution in [3.05, 3.63) is 54.4 Å². The zero-order valence-corrected chi connectivity index (χ0v) is 12.7. The molecule has 2 heterocycles. The summed E-state index contributed by atoms with van der Waals surface area (Å²) in [4.78, 5) is 6.47. The minimum Gasteiger partial charge on any atom is -0.372 e. The van der Waals surface area contributed by atoms with Crippen molar-refractivity contribution in [1.29, 1.82) is 0 Å². The Hall–Kier alpha value is -1.72. The van der Waals surface area contributed by atoms with Crippen LogP contribution in [0.3, 0.4) is 0 Å². The van der Waals surface area contributed by atoms with Gasteiger partial charge >= 0.3 is 0 Å². The molecule has 22 heavy (non-hydrogen) atoms. The normalized spacial score (nSPS) is 19.4. The van der Waals surface area contributed by atoms with Crippen LogP contribution in [0.25, 0.3) is 0 Å². The van der Waals surface area contributed by atoms with Crippen LogP contribution < -0.4 is 0 Å². The van der Waals surface area contributed by atoms with Gasteiger partial charge in [0.15, 0.2) is 0 Å². The first-order chi connectivity index (χ1) is 10.8. The molecule has 0 aliphatic carbocycles. The monoisotopic (exact) mass is 303 g/mol. The molecule has 2 aromatic rings. The first-order valence-corrected chi connectivity index (χ1v) is 7.84. The van der Waals surface area contributed by atoms with Crippen molar-refractivity contribution in [1.82, 2.24) is 14.5 Å². The van der Waals surface area contributed by atoms with Crippen molar-refractivity contribution in [3.8, 4) is 0 Å². The third-order valence-corrected chi connectivity index (χ3v) is 4.13. The fourth-order valence-electron chi connectivity index (χ4n) is 2.85. The summed E-state index contributed by atoms with van der Waals surface area (Å²) >= 11 is 0. The molecule has 1 fully saturated rings. The van der Waals surface area contributed by atoms with E-state index in [9.17, 15) is 4.39 Å². The first kappa shape index (κ1) is 15.2. The van der Waals surface area contributed by atoms with Crippen LogP contribution >= 0.6 is 0 Å². The number of ether oxygens (including phenoxy) is 1. The zero-order valence-electron chi connectivity index (χ0n) is 12.7. The summed E-state index contributed by atoms with van der Waals surface area (Å²) in [5.41, 5.74) is 0.637. The van der Waals surface area contributed by atoms with Crippen molar-refractivity contribution in [3.63, 3.8) is 0 Å². The van der Waals surface area contributed by atoms with Crippen LogP contribution in [0, 0.1) is 5.82 Å². The highest BCUT2D eigenvalue weighted by molar-refractivity contribution is 5.16. The van der Waals surface area contributed by atoms with E-state index in [2.05, 4.69) is 14.5 Å². The van der Waals surface area contributed by atoms with E-state index in [1.807, 2.05) is 18.6 Å². The molecule has 0 unspecified atom stereocenters. The lowest BCUT2D eigenvalue weighted by Crippen LogP contribution is -2.41. The van der Waals surface area contributed by atoms with Crippen LogP contribution in [0.5, 0.6) is 0 Å². The maximum atomic E-state index is 13.6. The molecule has 1 aromatic heterocycles. The maximum absolute atomic E-state index is 13.6. The van der Waals surface area contributed by atoms with Gasteiger partial charge in [-0.15, -0.1) is 0 Å². The predicted molar refractivity (Wildman–Crippen MR) is 82.9 cm³/mol. The largest absolute Gasteiger partial charge is 0.372 e. The lowest BCUT2D eigenvalue weighted by atomic mass is 10.1. The van der Waals surface area contributed by atoms with Crippen LogP contribution in [0.2, 0.25) is 0 Å². The molecule has 0 bridgehead atoms. The van der Waals surface area contributed by atoms with E-state index in [0.717, 1.165) is 39.0 Å². The molecule has 1 atom stereocenters. The van der Waals surface area contributed by atoms with E-state index in [1.165, 1.54) is 6.07 Å². The Bertz CT molecular complexity index is 573. The second-order valence-electron chi connectivity index (χ2n) is 5.77. The van der Waals surface area contributed by atoms with Crippen LogP contribution in [0.4, 0.5) is 4.39 Å². The minimum absolute atomic E-state index is 0.185. The smallest absolute Gasteiger partial charge is 0.128 e. The number of aromatic nitrogens is 2. The zero-order chi connectivity index (χ0) is 15.2. The summed E-state index contributed by atoms with van der Waals surface area (Å²) in [7, 11) is 0. The number of imidazole rings is 1. The summed E-state index contributed by atoms with van der Waals surface area (Å²) in [6.45, 7) is 4.32. The Morgan fingerprint density at radius 2 is 2.18 bits per heavy atom. The average Bonchev–Trinajstić information content (AvgIpc) is 3.06. The van der Waals surface area contributed by atoms with Crippen molar-refractivity contribution in [2.45, 2.75) is 32.1 Å². The molecule has 3 rings (SSSR count). The number of nitrogens with zero attached hydrogens (tertiary/aromatic N) is 3. The second kappa shape index (κ2) is 7.51. The van der Waals surface area contributed by atoms with E-state index in [-0.39, 0.29) is 11.9 Å². The molecule has 0 radical (unpaired) electrons. The Morgan fingerprint density at radius 1 is 1.27 bits per heavy atom. The number of piperidine rings is 1. The third-order valence-electron chi connectivity index (χ3n) is 4.13. The highest BCUT2D eigenvalue weighted by atomic mass is 19.1. The highest BCUT2D eigenvalue weighted by Gasteiger charge is 2.20. The summed E-state index contributed by atoms with van der Waals surface area (Å²) in [5, 5.41) is 0. The average molecular weight is 303 g/mol. The van der Waals surface area contributed by atoms with Crippen LogP contribution in [0.1, 0.15) is 18.4 Å². The van der Waals surface area contributed by atoms with E-state index in [0.29, 0.717) is 12.2 Å². The number of hydrogen-bond donors (Lipinski definition) is 0. The molecule has 0 saturated carbocycles. The molecule has 1 saturated heterocycles. The topological polar surface area (TPSA) is 30.3 Å². The van der Waals surface area contributed by atoms with Gasteiger partial charge in [0.25, 0.3) is 0 Å². The van der Waals surface area contributed by atoms with Crippen molar-refractivity contribution < 1.29 is 9.13 Å². The molecule has 4 nitrogen and oxygen atoms in total. The van der Waals surface area contributed by atoms with Gasteiger partial charge in [-0.3, -0.25) is 4.90 Å². The van der Waals surface area contributed by atoms with Gasteiger partial charge in [0.2, 0.25) is 0 Å². The molecule has 1 aromatic carbocycles. The van der Waals surface area contributed by atoms with Crippen LogP contribution in [0.15, 0.2) is 43.0 Å². The van der Waals surface area contributed by atoms with Gasteiger partial charge in [-0.1, -0.05) is 18.2 Å². The summed E-state index contributed by atoms with van der Waals surface area (Å²) in [6.07, 6.45) is 8.00. The summed E-state index contributed by atoms with van der Waals surface area (Å²) < 4.78 is 21.6. The van der Waals surface area contributed by atoms with Crippen LogP contribution in [-0.2, 0) is 17.9 Å². The van der Waals surface area contributed by atoms with Crippen molar-refractivity contribution >= 4 is 0 Å². The molecule has 1 aliphatic heterocycles. The Morgan fingerprint density at radius 3 is 3.00 bits per heavy atom. The van der Waals surface area contributed by atoms with Crippen LogP contribution in [-0.4, -0.2) is 40.2 Å². The number of benzene rings is 1. The molecule has 5 heteroatoms. The SMILES string of the molecule is Fc1ccccc1CO[C@H]1CCCN(CCn2ccnc2)C1. The fourth-order valence-corrected chi connectivity index (χ4v) is 2.85. The van der Waals surface area contributed by atoms with Gasteiger partial charge < -0.3 is 9.30 Å². The maximum Gasteiger partial charge on any atom is 0.128 e. The summed E-state index contributed by atoms with van der Waals surface area (Å²) in [5.74, 6) is -0.185. The van der Waals surface area contributed by atoms with Gasteiger partial charge in [0.1, 0.15) is 5.82 Å². The lowest BCUT2D eigenvalue weighted by molar-refractivity contribution is -0.0116. The molecule has 118 valence electrons. The Balaban J connectivity index is 1.45. The molecule has 0 N–H and O–H groups in total. The minimum atomic E-state index is -0.185. The third kappa shape index (κ3) is 4.15. The molecular weight excluding hydrogens is 281 g/mol. The van der Waals surface area contributed by atoms with E-state index < -0.39 is 0 Å². The molecule has 1 aliphatic rings. The Kier molecular flexibility index (Phi) is 5.19. The highest BCUT2D eigenvalue weighted by Crippen LogP contribution is 2.16. The predicted octanol–water partition coefficient (Wildman–Crippen LogP) is 2.70. The van der Waals surface area contributed by atoms with Crippen molar-refractivity contribution in [2.24, 2.45) is 0 Å². The molecular formula is C17H22FN3O. The molecule has 0 amide bonds. The summed E-state index contributed by atoms with van der Waals surface area (Å²) in [6, 6.07) is 6.82. The first-order valence-electron chi connectivity index (χ1n) is 7.84. The van der Waals surface area contributed by atoms with Gasteiger partial charge in [-0.25, -0.2) is 9.37 Å². The number of hydrogen-bond acceptors (Lipinski definition) is 3. The number of likely N-dealkylation sites (tertiary alicyclic amines) is 1. The quantitative estimate of drug-likeness (QED) is 0.822. The van der Waals surface area contributed by atoms with E-state index in [1.54, 1.807) is 18.3 Å². The van der Waals surface area contributed by atoms with Gasteiger partial charge in [-0.05, 0) is 25.5 Å². The molecule has 0 spiro atoms. The number of halogens is 1. The fraction of sp³-hybridized carbons (Fsp3) is 0.471. The lowest BCUT2D eigenvalue weighted by Gasteiger charge is -2.32. The second-order valence-corrected chi connectivity index (χ2v) is 5.77. The standard InChI is InChI=1S/C17H22FN3O/c18-17-6-2-1-4-15(17)13-22-16-5-3-8-20(12-16)10-11-21-9-7-19-14-21/h1-2,4,6-7,9,14,16H,3,5,8,10-13H2/t16-/m0/s1. The van der Waals surface area contributed by atoms with E-state index >= 15 is 0 Å². The van der Waals surface area contributed by atoms with Gasteiger partial charge in [-0.2, -0.15) is 0 Å². The van der Waals surface area contributed by atoms with Gasteiger partial charge in [0.05, 0.1) is 19.0 Å². The number of rotatable bonds is 6. The Labute approximate surface area is 130 Å². The van der Waals surface area contributed by atoms with E-state index in [4.69, 9.17) is 4.74 Å². The van der Waals surface area contributed by atoms with Gasteiger partial charge in [0, 0.05) is 37.6 Å². The van der Waals surface area contributed by atoms with Crippen molar-refractivity contribution in [2.75, 3.05) is 19.6 Å².